The maximum atomic E-state index is 11.5. The summed E-state index contributed by atoms with van der Waals surface area (Å²) in [6, 6.07) is -0.806. The van der Waals surface area contributed by atoms with E-state index in [1.54, 1.807) is 27.7 Å². The van der Waals surface area contributed by atoms with Crippen LogP contribution in [0.5, 0.6) is 0 Å². The van der Waals surface area contributed by atoms with Gasteiger partial charge in [0, 0.05) is 19.6 Å². The van der Waals surface area contributed by atoms with Crippen LogP contribution >= 0.6 is 0 Å². The largest absolute Gasteiger partial charge is 0.444 e. The Kier molecular flexibility index (Phi) is 5.95. The van der Waals surface area contributed by atoms with Crippen molar-refractivity contribution >= 4 is 12.0 Å². The lowest BCUT2D eigenvalue weighted by atomic mass is 10.0. The van der Waals surface area contributed by atoms with Crippen molar-refractivity contribution in [3.05, 3.63) is 0 Å². The van der Waals surface area contributed by atoms with Gasteiger partial charge in [-0.25, -0.2) is 4.79 Å². The van der Waals surface area contributed by atoms with Gasteiger partial charge in [0.1, 0.15) is 11.6 Å². The van der Waals surface area contributed by atoms with E-state index >= 15 is 0 Å². The molecule has 0 fully saturated rings. The summed E-state index contributed by atoms with van der Waals surface area (Å²) in [7, 11) is 1.47. The number of hydrogen-bond donors (Lipinski definition) is 3. The third-order valence-electron chi connectivity index (χ3n) is 2.06. The van der Waals surface area contributed by atoms with Crippen LogP contribution in [0.15, 0.2) is 0 Å². The number of hydrogen-bond acceptors (Lipinski definition) is 4. The molecule has 3 N–H and O–H groups in total. The molecule has 0 spiro atoms. The first-order chi connectivity index (χ1) is 7.71. The average Bonchev–Trinajstić information content (AvgIpc) is 2.21. The van der Waals surface area contributed by atoms with E-state index in [1.165, 1.54) is 7.05 Å². The monoisotopic (exact) mass is 246 g/mol. The Labute approximate surface area is 102 Å². The van der Waals surface area contributed by atoms with Gasteiger partial charge in [0.15, 0.2) is 0 Å². The molecule has 2 atom stereocenters. The molecule has 0 heterocycles. The van der Waals surface area contributed by atoms with Crippen LogP contribution in [-0.2, 0) is 9.53 Å². The van der Waals surface area contributed by atoms with Gasteiger partial charge in [0.25, 0.3) is 0 Å². The molecule has 0 aliphatic carbocycles. The maximum absolute atomic E-state index is 11.5. The normalized spacial score (nSPS) is 14.7. The fourth-order valence-corrected chi connectivity index (χ4v) is 1.16. The van der Waals surface area contributed by atoms with Gasteiger partial charge in [0.05, 0.1) is 0 Å². The van der Waals surface area contributed by atoms with Crippen LogP contribution in [0.25, 0.3) is 0 Å². The second-order valence-electron chi connectivity index (χ2n) is 4.90. The van der Waals surface area contributed by atoms with Crippen LogP contribution in [0.3, 0.4) is 0 Å². The highest BCUT2D eigenvalue weighted by Gasteiger charge is 2.27. The first-order valence-electron chi connectivity index (χ1n) is 5.53. The molecule has 100 valence electrons. The number of ether oxygens (including phenoxy) is 1. The number of carbonyl (C=O) groups is 2. The zero-order valence-corrected chi connectivity index (χ0v) is 11.0. The van der Waals surface area contributed by atoms with Crippen molar-refractivity contribution in [1.29, 1.82) is 0 Å². The Morgan fingerprint density at radius 1 is 1.35 bits per heavy atom. The SMILES string of the molecule is CNC(=O)C(NC(=O)OC(C)(C)C)C(C)CO. The van der Waals surface area contributed by atoms with E-state index in [0.29, 0.717) is 0 Å². The summed E-state index contributed by atoms with van der Waals surface area (Å²) in [5, 5.41) is 13.9. The lowest BCUT2D eigenvalue weighted by Gasteiger charge is -2.25. The highest BCUT2D eigenvalue weighted by atomic mass is 16.6. The van der Waals surface area contributed by atoms with Crippen LogP contribution in [0.2, 0.25) is 0 Å². The number of likely N-dealkylation sites (N-methyl/N-ethyl adjacent to an activating group) is 1. The molecule has 2 unspecified atom stereocenters. The topological polar surface area (TPSA) is 87.7 Å². The van der Waals surface area contributed by atoms with Crippen LogP contribution in [0.1, 0.15) is 27.7 Å². The summed E-state index contributed by atoms with van der Waals surface area (Å²) < 4.78 is 5.05. The predicted octanol–water partition coefficient (Wildman–Crippen LogP) is 0.254. The van der Waals surface area contributed by atoms with Crippen molar-refractivity contribution in [2.24, 2.45) is 5.92 Å². The summed E-state index contributed by atoms with van der Waals surface area (Å²) in [6.07, 6.45) is -0.675. The Hall–Kier alpha value is -1.30. The molecular formula is C11H22N2O4. The molecular weight excluding hydrogens is 224 g/mol. The van der Waals surface area contributed by atoms with Crippen molar-refractivity contribution in [3.8, 4) is 0 Å². The van der Waals surface area contributed by atoms with Crippen molar-refractivity contribution in [1.82, 2.24) is 10.6 Å². The van der Waals surface area contributed by atoms with Crippen molar-refractivity contribution in [2.75, 3.05) is 13.7 Å². The number of aliphatic hydroxyl groups excluding tert-OH is 1. The van der Waals surface area contributed by atoms with E-state index in [0.717, 1.165) is 0 Å². The first-order valence-corrected chi connectivity index (χ1v) is 5.53. The Morgan fingerprint density at radius 2 is 1.88 bits per heavy atom. The summed E-state index contributed by atoms with van der Waals surface area (Å²) in [6.45, 7) is 6.66. The molecule has 17 heavy (non-hydrogen) atoms. The summed E-state index contributed by atoms with van der Waals surface area (Å²) in [5.41, 5.74) is -0.625. The third kappa shape index (κ3) is 6.11. The molecule has 0 aliphatic rings. The molecule has 0 radical (unpaired) electrons. The number of carbonyl (C=O) groups excluding carboxylic acids is 2. The minimum absolute atomic E-state index is 0.201. The molecule has 0 saturated heterocycles. The van der Waals surface area contributed by atoms with E-state index in [4.69, 9.17) is 9.84 Å². The van der Waals surface area contributed by atoms with Crippen molar-refractivity contribution < 1.29 is 19.4 Å². The second-order valence-corrected chi connectivity index (χ2v) is 4.90. The molecule has 6 nitrogen and oxygen atoms in total. The van der Waals surface area contributed by atoms with Gasteiger partial charge < -0.3 is 20.5 Å². The molecule has 6 heteroatoms. The van der Waals surface area contributed by atoms with Gasteiger partial charge >= 0.3 is 6.09 Å². The van der Waals surface area contributed by atoms with Crippen LogP contribution in [0, 0.1) is 5.92 Å². The van der Waals surface area contributed by atoms with Gasteiger partial charge in [0.2, 0.25) is 5.91 Å². The molecule has 0 aliphatic heterocycles. The highest BCUT2D eigenvalue weighted by molar-refractivity contribution is 5.85. The van der Waals surface area contributed by atoms with Crippen LogP contribution < -0.4 is 10.6 Å². The Morgan fingerprint density at radius 3 is 2.24 bits per heavy atom. The summed E-state index contributed by atoms with van der Waals surface area (Å²) in [4.78, 5) is 23.0. The van der Waals surface area contributed by atoms with Gasteiger partial charge in [-0.2, -0.15) is 0 Å². The highest BCUT2D eigenvalue weighted by Crippen LogP contribution is 2.08. The minimum atomic E-state index is -0.806. The quantitative estimate of drug-likeness (QED) is 0.663. The van der Waals surface area contributed by atoms with Gasteiger partial charge in [-0.3, -0.25) is 4.79 Å². The van der Waals surface area contributed by atoms with Gasteiger partial charge in [-0.15, -0.1) is 0 Å². The fourth-order valence-electron chi connectivity index (χ4n) is 1.16. The first kappa shape index (κ1) is 15.7. The lowest BCUT2D eigenvalue weighted by Crippen LogP contribution is -2.51. The van der Waals surface area contributed by atoms with Gasteiger partial charge in [-0.1, -0.05) is 6.92 Å². The van der Waals surface area contributed by atoms with Crippen LogP contribution in [0.4, 0.5) is 4.79 Å². The Bertz CT molecular complexity index is 273. The van der Waals surface area contributed by atoms with Crippen LogP contribution in [-0.4, -0.2) is 42.4 Å². The standard InChI is InChI=1S/C11H22N2O4/c1-7(6-14)8(9(15)12-5)13-10(16)17-11(2,3)4/h7-8,14H,6H2,1-5H3,(H,12,15)(H,13,16). The minimum Gasteiger partial charge on any atom is -0.444 e. The van der Waals surface area contributed by atoms with E-state index in [-0.39, 0.29) is 18.4 Å². The molecule has 0 saturated carbocycles. The van der Waals surface area contributed by atoms with E-state index in [9.17, 15) is 9.59 Å². The predicted molar refractivity (Wildman–Crippen MR) is 63.5 cm³/mol. The zero-order chi connectivity index (χ0) is 13.6. The second kappa shape index (κ2) is 6.44. The fraction of sp³-hybridized carbons (Fsp3) is 0.818. The molecule has 0 bridgehead atoms. The molecule has 0 aromatic heterocycles. The van der Waals surface area contributed by atoms with E-state index in [2.05, 4.69) is 10.6 Å². The number of rotatable bonds is 4. The smallest absolute Gasteiger partial charge is 0.408 e. The number of amides is 2. The molecule has 0 rings (SSSR count). The van der Waals surface area contributed by atoms with Gasteiger partial charge in [-0.05, 0) is 20.8 Å². The van der Waals surface area contributed by atoms with E-state index < -0.39 is 17.7 Å². The van der Waals surface area contributed by atoms with Crippen molar-refractivity contribution in [3.63, 3.8) is 0 Å². The number of nitrogens with one attached hydrogen (secondary N) is 2. The Balaban J connectivity index is 4.54. The lowest BCUT2D eigenvalue weighted by molar-refractivity contribution is -0.124. The van der Waals surface area contributed by atoms with Crippen molar-refractivity contribution in [2.45, 2.75) is 39.3 Å². The van der Waals surface area contributed by atoms with E-state index in [1.807, 2.05) is 0 Å². The molecule has 0 aromatic carbocycles. The molecule has 2 amide bonds. The summed E-state index contributed by atoms with van der Waals surface area (Å²) in [5.74, 6) is -0.750. The molecule has 0 aromatic rings. The summed E-state index contributed by atoms with van der Waals surface area (Å²) >= 11 is 0. The third-order valence-corrected chi connectivity index (χ3v) is 2.06. The zero-order valence-electron chi connectivity index (χ0n) is 11.0. The number of alkyl carbamates (subject to hydrolysis) is 1. The number of aliphatic hydroxyl groups is 1. The maximum Gasteiger partial charge on any atom is 0.408 e. The average molecular weight is 246 g/mol.